The molecule has 0 radical (unpaired) electrons. The van der Waals surface area contributed by atoms with Gasteiger partial charge >= 0.3 is 0 Å². The van der Waals surface area contributed by atoms with Gasteiger partial charge < -0.3 is 15.0 Å². The molecule has 0 spiro atoms. The third-order valence-corrected chi connectivity index (χ3v) is 7.64. The van der Waals surface area contributed by atoms with Crippen LogP contribution >= 0.6 is 0 Å². The molecule has 4 aromatic rings. The van der Waals surface area contributed by atoms with Crippen LogP contribution in [0, 0.1) is 5.92 Å². The first kappa shape index (κ1) is 27.6. The maximum Gasteiger partial charge on any atom is 0.262 e. The topological polar surface area (TPSA) is 97.0 Å². The van der Waals surface area contributed by atoms with Crippen molar-refractivity contribution in [2.45, 2.75) is 39.7 Å². The predicted octanol–water partition coefficient (Wildman–Crippen LogP) is 2.97. The molecular formula is C30H39N7O3. The highest BCUT2D eigenvalue weighted by molar-refractivity contribution is 5.80. The minimum Gasteiger partial charge on any atom is -0.497 e. The third kappa shape index (κ3) is 6.12. The van der Waals surface area contributed by atoms with Crippen LogP contribution in [0.15, 0.2) is 53.3 Å². The number of rotatable bonds is 11. The van der Waals surface area contributed by atoms with E-state index in [4.69, 9.17) is 4.74 Å². The highest BCUT2D eigenvalue weighted by Crippen LogP contribution is 2.20. The summed E-state index contributed by atoms with van der Waals surface area (Å²) in [6.45, 7) is 10.1. The molecule has 3 heterocycles. The molecule has 212 valence electrons. The van der Waals surface area contributed by atoms with Crippen molar-refractivity contribution in [3.63, 3.8) is 0 Å². The van der Waals surface area contributed by atoms with E-state index in [0.29, 0.717) is 48.8 Å². The second-order valence-electron chi connectivity index (χ2n) is 10.8. The van der Waals surface area contributed by atoms with E-state index in [1.54, 1.807) is 11.7 Å². The lowest BCUT2D eigenvalue weighted by molar-refractivity contribution is -0.121. The fourth-order valence-electron chi connectivity index (χ4n) is 5.26. The second kappa shape index (κ2) is 12.5. The fraction of sp³-hybridized carbons (Fsp3) is 0.467. The van der Waals surface area contributed by atoms with Crippen molar-refractivity contribution >= 4 is 28.3 Å². The zero-order valence-corrected chi connectivity index (χ0v) is 23.7. The molecule has 0 aliphatic carbocycles. The Morgan fingerprint density at radius 2 is 1.75 bits per heavy atom. The minimum absolute atomic E-state index is 0.00828. The number of hydrogen-bond acceptors (Lipinski definition) is 7. The highest BCUT2D eigenvalue weighted by Gasteiger charge is 2.19. The summed E-state index contributed by atoms with van der Waals surface area (Å²) in [5, 5.41) is 12.5. The monoisotopic (exact) mass is 545 g/mol. The number of para-hydroxylation sites is 1. The zero-order chi connectivity index (χ0) is 28.1. The van der Waals surface area contributed by atoms with Crippen molar-refractivity contribution in [2.75, 3.05) is 51.3 Å². The molecule has 1 amide bonds. The lowest BCUT2D eigenvalue weighted by Crippen LogP contribution is -2.48. The van der Waals surface area contributed by atoms with E-state index in [-0.39, 0.29) is 11.5 Å². The van der Waals surface area contributed by atoms with Crippen LogP contribution in [0.1, 0.15) is 32.5 Å². The molecule has 1 aliphatic heterocycles. The van der Waals surface area contributed by atoms with Gasteiger partial charge in [0.05, 0.1) is 18.0 Å². The van der Waals surface area contributed by atoms with Crippen LogP contribution in [0.4, 0.5) is 5.69 Å². The molecule has 0 unspecified atom stereocenters. The number of nitrogens with one attached hydrogen (secondary N) is 1. The Labute approximate surface area is 234 Å². The van der Waals surface area contributed by atoms with E-state index in [2.05, 4.69) is 51.3 Å². The number of anilines is 1. The van der Waals surface area contributed by atoms with E-state index in [1.807, 2.05) is 40.8 Å². The summed E-state index contributed by atoms with van der Waals surface area (Å²) >= 11 is 0. The molecular weight excluding hydrogens is 506 g/mol. The fourth-order valence-corrected chi connectivity index (χ4v) is 5.26. The largest absolute Gasteiger partial charge is 0.497 e. The Morgan fingerprint density at radius 1 is 1.00 bits per heavy atom. The van der Waals surface area contributed by atoms with Crippen molar-refractivity contribution in [3.8, 4) is 5.75 Å². The Kier molecular flexibility index (Phi) is 8.64. The Balaban J connectivity index is 1.15. The second-order valence-corrected chi connectivity index (χ2v) is 10.8. The summed E-state index contributed by atoms with van der Waals surface area (Å²) < 4.78 is 8.91. The van der Waals surface area contributed by atoms with Gasteiger partial charge in [0.1, 0.15) is 11.6 Å². The number of carbonyl (C=O) groups excluding carboxylic acids is 1. The molecule has 10 heteroatoms. The standard InChI is InChI=1S/C30H39N7O3/c1-22(2)14-16-36-29(39)25-6-4-5-7-26(25)37-27(32-33-30(36)37)12-13-28(38)31-15-17-34-18-20-35(21-19-34)23-8-10-24(40-3)11-9-23/h4-11,22H,12-21H2,1-3H3,(H,31,38). The van der Waals surface area contributed by atoms with Crippen LogP contribution < -0.4 is 20.5 Å². The lowest BCUT2D eigenvalue weighted by Gasteiger charge is -2.36. The minimum atomic E-state index is -0.0507. The molecule has 0 saturated carbocycles. The summed E-state index contributed by atoms with van der Waals surface area (Å²) in [6, 6.07) is 15.7. The quantitative estimate of drug-likeness (QED) is 0.310. The van der Waals surface area contributed by atoms with Gasteiger partial charge in [-0.05, 0) is 48.7 Å². The average molecular weight is 546 g/mol. The molecule has 1 aliphatic rings. The van der Waals surface area contributed by atoms with Crippen molar-refractivity contribution in [2.24, 2.45) is 5.92 Å². The average Bonchev–Trinajstić information content (AvgIpc) is 3.40. The molecule has 10 nitrogen and oxygen atoms in total. The van der Waals surface area contributed by atoms with Crippen LogP contribution in [0.5, 0.6) is 5.75 Å². The predicted molar refractivity (Wildman–Crippen MR) is 157 cm³/mol. The molecule has 0 atom stereocenters. The normalized spacial score (nSPS) is 14.3. The lowest BCUT2D eigenvalue weighted by atomic mass is 10.1. The first-order valence-electron chi connectivity index (χ1n) is 14.2. The van der Waals surface area contributed by atoms with Gasteiger partial charge in [0.2, 0.25) is 11.7 Å². The van der Waals surface area contributed by atoms with Gasteiger partial charge in [-0.1, -0.05) is 26.0 Å². The number of benzene rings is 2. The number of fused-ring (bicyclic) bond motifs is 3. The van der Waals surface area contributed by atoms with Crippen LogP contribution in [-0.2, 0) is 17.8 Å². The number of piperazine rings is 1. The van der Waals surface area contributed by atoms with Crippen LogP contribution in [0.25, 0.3) is 16.7 Å². The zero-order valence-electron chi connectivity index (χ0n) is 23.7. The molecule has 2 aromatic carbocycles. The number of ether oxygens (including phenoxy) is 1. The third-order valence-electron chi connectivity index (χ3n) is 7.64. The van der Waals surface area contributed by atoms with Gasteiger partial charge in [0.15, 0.2) is 0 Å². The Bertz CT molecular complexity index is 1500. The van der Waals surface area contributed by atoms with Crippen LogP contribution in [0.3, 0.4) is 0 Å². The van der Waals surface area contributed by atoms with Gasteiger partial charge in [0, 0.05) is 64.3 Å². The van der Waals surface area contributed by atoms with Crippen molar-refractivity contribution in [1.82, 2.24) is 29.4 Å². The van der Waals surface area contributed by atoms with Crippen molar-refractivity contribution in [1.29, 1.82) is 0 Å². The molecule has 40 heavy (non-hydrogen) atoms. The van der Waals surface area contributed by atoms with Crippen molar-refractivity contribution < 1.29 is 9.53 Å². The molecule has 1 saturated heterocycles. The van der Waals surface area contributed by atoms with Crippen LogP contribution in [-0.4, -0.2) is 76.4 Å². The number of aryl methyl sites for hydroxylation is 2. The summed E-state index contributed by atoms with van der Waals surface area (Å²) in [4.78, 5) is 30.7. The summed E-state index contributed by atoms with van der Waals surface area (Å²) in [5.74, 6) is 2.54. The number of hydrogen-bond donors (Lipinski definition) is 1. The summed E-state index contributed by atoms with van der Waals surface area (Å²) in [6.07, 6.45) is 1.63. The number of aromatic nitrogens is 4. The van der Waals surface area contributed by atoms with Crippen molar-refractivity contribution in [3.05, 3.63) is 64.7 Å². The Hall–Kier alpha value is -3.92. The molecule has 1 fully saturated rings. The summed E-state index contributed by atoms with van der Waals surface area (Å²) in [7, 11) is 1.68. The number of nitrogens with zero attached hydrogens (tertiary/aromatic N) is 6. The van der Waals surface area contributed by atoms with Gasteiger partial charge in [0.25, 0.3) is 5.56 Å². The highest BCUT2D eigenvalue weighted by atomic mass is 16.5. The SMILES string of the molecule is COc1ccc(N2CCN(CCNC(=O)CCc3nnc4n(CCC(C)C)c(=O)c5ccccc5n34)CC2)cc1. The molecule has 1 N–H and O–H groups in total. The molecule has 0 bridgehead atoms. The van der Waals surface area contributed by atoms with E-state index in [9.17, 15) is 9.59 Å². The molecule has 5 rings (SSSR count). The van der Waals surface area contributed by atoms with E-state index in [1.165, 1.54) is 5.69 Å². The van der Waals surface area contributed by atoms with Gasteiger partial charge in [-0.15, -0.1) is 10.2 Å². The van der Waals surface area contributed by atoms with Crippen LogP contribution in [0.2, 0.25) is 0 Å². The summed E-state index contributed by atoms with van der Waals surface area (Å²) in [5.41, 5.74) is 1.93. The first-order valence-corrected chi connectivity index (χ1v) is 14.2. The van der Waals surface area contributed by atoms with Gasteiger partial charge in [-0.25, -0.2) is 0 Å². The van der Waals surface area contributed by atoms with Gasteiger partial charge in [-0.3, -0.25) is 23.5 Å². The Morgan fingerprint density at radius 3 is 2.48 bits per heavy atom. The maximum absolute atomic E-state index is 13.2. The van der Waals surface area contributed by atoms with Gasteiger partial charge in [-0.2, -0.15) is 0 Å². The number of carbonyl (C=O) groups is 1. The van der Waals surface area contributed by atoms with E-state index >= 15 is 0 Å². The number of amides is 1. The maximum atomic E-state index is 13.2. The molecule has 2 aromatic heterocycles. The smallest absolute Gasteiger partial charge is 0.262 e. The van der Waals surface area contributed by atoms with E-state index < -0.39 is 0 Å². The van der Waals surface area contributed by atoms with E-state index in [0.717, 1.165) is 50.4 Å². The first-order chi connectivity index (χ1) is 19.4. The number of methoxy groups -OCH3 is 1.